The fraction of sp³-hybridized carbons (Fsp3) is 0.500. The van der Waals surface area contributed by atoms with Crippen LogP contribution in [-0.4, -0.2) is 35.9 Å². The third-order valence-electron chi connectivity index (χ3n) is 2.05. The first-order chi connectivity index (χ1) is 7.27. The highest BCUT2D eigenvalue weighted by atomic mass is 16.5. The molecule has 0 saturated carbocycles. The molecule has 0 atom stereocenters. The van der Waals surface area contributed by atoms with Gasteiger partial charge >= 0.3 is 5.97 Å². The number of rotatable bonds is 6. The van der Waals surface area contributed by atoms with Crippen LogP contribution in [0.4, 0.5) is 0 Å². The molecule has 1 rings (SSSR count). The second kappa shape index (κ2) is 6.21. The Balaban J connectivity index is 2.49. The number of hydrogen-bond donors (Lipinski definition) is 2. The number of ether oxygens (including phenoxy) is 1. The van der Waals surface area contributed by atoms with Gasteiger partial charge in [0.15, 0.2) is 0 Å². The van der Waals surface area contributed by atoms with Crippen molar-refractivity contribution >= 4 is 5.97 Å². The highest BCUT2D eigenvalue weighted by molar-refractivity contribution is 5.69. The zero-order valence-electron chi connectivity index (χ0n) is 8.77. The third-order valence-corrected chi connectivity index (χ3v) is 2.05. The lowest BCUT2D eigenvalue weighted by Crippen LogP contribution is -2.21. The maximum absolute atomic E-state index is 11.1. The van der Waals surface area contributed by atoms with Crippen molar-refractivity contribution in [3.05, 3.63) is 24.0 Å². The van der Waals surface area contributed by atoms with Gasteiger partial charge in [-0.05, 0) is 12.1 Å². The van der Waals surface area contributed by atoms with Gasteiger partial charge < -0.3 is 19.7 Å². The van der Waals surface area contributed by atoms with Crippen molar-refractivity contribution in [1.29, 1.82) is 0 Å². The fourth-order valence-electron chi connectivity index (χ4n) is 1.26. The molecule has 2 N–H and O–H groups in total. The average Bonchev–Trinajstić information content (AvgIpc) is 2.66. The van der Waals surface area contributed by atoms with Gasteiger partial charge in [-0.25, -0.2) is 0 Å². The highest BCUT2D eigenvalue weighted by Crippen LogP contribution is 2.02. The second-order valence-electron chi connectivity index (χ2n) is 3.10. The fourth-order valence-corrected chi connectivity index (χ4v) is 1.26. The molecule has 84 valence electrons. The van der Waals surface area contributed by atoms with Gasteiger partial charge in [-0.15, -0.1) is 0 Å². The van der Waals surface area contributed by atoms with Gasteiger partial charge in [0.25, 0.3) is 0 Å². The minimum absolute atomic E-state index is 0.109. The molecule has 0 aliphatic rings. The van der Waals surface area contributed by atoms with E-state index in [1.54, 1.807) is 0 Å². The largest absolute Gasteiger partial charge is 0.468 e. The van der Waals surface area contributed by atoms with E-state index >= 15 is 0 Å². The highest BCUT2D eigenvalue weighted by Gasteiger charge is 2.05. The summed E-state index contributed by atoms with van der Waals surface area (Å²) in [6, 6.07) is 3.80. The lowest BCUT2D eigenvalue weighted by atomic mass is 10.4. The van der Waals surface area contributed by atoms with E-state index in [4.69, 9.17) is 5.11 Å². The molecule has 5 nitrogen and oxygen atoms in total. The van der Waals surface area contributed by atoms with E-state index in [9.17, 15) is 4.79 Å². The summed E-state index contributed by atoms with van der Waals surface area (Å²) in [6.45, 7) is 1.51. The predicted molar refractivity (Wildman–Crippen MR) is 55.2 cm³/mol. The average molecular weight is 212 g/mol. The van der Waals surface area contributed by atoms with E-state index in [2.05, 4.69) is 10.1 Å². The molecule has 0 bridgehead atoms. The SMILES string of the molecule is COC(=O)Cn1cccc1CNCCO. The summed E-state index contributed by atoms with van der Waals surface area (Å²) in [4.78, 5) is 11.1. The quantitative estimate of drug-likeness (QED) is 0.504. The van der Waals surface area contributed by atoms with Crippen LogP contribution >= 0.6 is 0 Å². The Hall–Kier alpha value is -1.33. The molecule has 5 heteroatoms. The topological polar surface area (TPSA) is 63.5 Å². The Labute approximate surface area is 88.7 Å². The van der Waals surface area contributed by atoms with Crippen LogP contribution in [0.1, 0.15) is 5.69 Å². The van der Waals surface area contributed by atoms with Crippen molar-refractivity contribution in [1.82, 2.24) is 9.88 Å². The summed E-state index contributed by atoms with van der Waals surface area (Å²) < 4.78 is 6.40. The summed E-state index contributed by atoms with van der Waals surface area (Å²) in [6.07, 6.45) is 1.83. The van der Waals surface area contributed by atoms with Crippen LogP contribution in [0.5, 0.6) is 0 Å². The van der Waals surface area contributed by atoms with Crippen molar-refractivity contribution in [2.75, 3.05) is 20.3 Å². The van der Waals surface area contributed by atoms with Crippen LogP contribution in [0.15, 0.2) is 18.3 Å². The first-order valence-corrected chi connectivity index (χ1v) is 4.80. The summed E-state index contributed by atoms with van der Waals surface area (Å²) in [7, 11) is 1.37. The Bertz CT molecular complexity index is 309. The molecule has 0 saturated heterocycles. The maximum Gasteiger partial charge on any atom is 0.325 e. The van der Waals surface area contributed by atoms with Crippen LogP contribution < -0.4 is 5.32 Å². The second-order valence-corrected chi connectivity index (χ2v) is 3.10. The molecule has 0 unspecified atom stereocenters. The van der Waals surface area contributed by atoms with Gasteiger partial charge in [0, 0.05) is 25.0 Å². The number of aliphatic hydroxyl groups excluding tert-OH is 1. The zero-order valence-corrected chi connectivity index (χ0v) is 8.77. The number of hydrogen-bond acceptors (Lipinski definition) is 4. The monoisotopic (exact) mass is 212 g/mol. The van der Waals surface area contributed by atoms with Crippen molar-refractivity contribution < 1.29 is 14.6 Å². The van der Waals surface area contributed by atoms with Gasteiger partial charge in [0.1, 0.15) is 6.54 Å². The molecule has 0 radical (unpaired) electrons. The Morgan fingerprint density at radius 1 is 1.67 bits per heavy atom. The normalized spacial score (nSPS) is 10.3. The molecular weight excluding hydrogens is 196 g/mol. The van der Waals surface area contributed by atoms with Crippen molar-refractivity contribution in [3.8, 4) is 0 Å². The Morgan fingerprint density at radius 3 is 3.13 bits per heavy atom. The minimum Gasteiger partial charge on any atom is -0.468 e. The number of esters is 1. The van der Waals surface area contributed by atoms with E-state index in [1.165, 1.54) is 7.11 Å². The lowest BCUT2D eigenvalue weighted by Gasteiger charge is -2.08. The van der Waals surface area contributed by atoms with Crippen molar-refractivity contribution in [2.24, 2.45) is 0 Å². The van der Waals surface area contributed by atoms with E-state index < -0.39 is 0 Å². The molecular formula is C10H16N2O3. The van der Waals surface area contributed by atoms with Crippen LogP contribution in [0, 0.1) is 0 Å². The number of nitrogens with one attached hydrogen (secondary N) is 1. The minimum atomic E-state index is -0.269. The molecule has 0 aliphatic carbocycles. The smallest absolute Gasteiger partial charge is 0.325 e. The standard InChI is InChI=1S/C10H16N2O3/c1-15-10(14)8-12-5-2-3-9(12)7-11-4-6-13/h2-3,5,11,13H,4,6-8H2,1H3. The molecule has 0 aromatic carbocycles. The van der Waals surface area contributed by atoms with Crippen molar-refractivity contribution in [2.45, 2.75) is 13.1 Å². The van der Waals surface area contributed by atoms with Crippen LogP contribution in [0.3, 0.4) is 0 Å². The summed E-state index contributed by atoms with van der Waals surface area (Å²) in [5.41, 5.74) is 0.994. The van der Waals surface area contributed by atoms with Gasteiger partial charge in [-0.3, -0.25) is 4.79 Å². The van der Waals surface area contributed by atoms with E-state index in [1.807, 2.05) is 22.9 Å². The Morgan fingerprint density at radius 2 is 2.47 bits per heavy atom. The van der Waals surface area contributed by atoms with Crippen LogP contribution in [0.25, 0.3) is 0 Å². The molecule has 0 fully saturated rings. The summed E-state index contributed by atoms with van der Waals surface area (Å²) >= 11 is 0. The predicted octanol–water partition coefficient (Wildman–Crippen LogP) is -0.257. The number of nitrogens with zero attached hydrogens (tertiary/aromatic N) is 1. The van der Waals surface area contributed by atoms with Crippen LogP contribution in [-0.2, 0) is 22.6 Å². The summed E-state index contributed by atoms with van der Waals surface area (Å²) in [5, 5.41) is 11.7. The zero-order chi connectivity index (χ0) is 11.1. The number of methoxy groups -OCH3 is 1. The first-order valence-electron chi connectivity index (χ1n) is 4.80. The lowest BCUT2D eigenvalue weighted by molar-refractivity contribution is -0.141. The molecule has 1 aromatic heterocycles. The third kappa shape index (κ3) is 3.73. The molecule has 0 spiro atoms. The molecule has 0 amide bonds. The maximum atomic E-state index is 11.1. The molecule has 1 aromatic rings. The van der Waals surface area contributed by atoms with E-state index in [0.29, 0.717) is 13.1 Å². The van der Waals surface area contributed by atoms with Crippen molar-refractivity contribution in [3.63, 3.8) is 0 Å². The number of carbonyl (C=O) groups excluding carboxylic acids is 1. The van der Waals surface area contributed by atoms with Gasteiger partial charge in [0.2, 0.25) is 0 Å². The number of aliphatic hydroxyl groups is 1. The molecule has 1 heterocycles. The van der Waals surface area contributed by atoms with Gasteiger partial charge in [0.05, 0.1) is 13.7 Å². The molecule has 15 heavy (non-hydrogen) atoms. The van der Waals surface area contributed by atoms with Gasteiger partial charge in [-0.2, -0.15) is 0 Å². The summed E-state index contributed by atoms with van der Waals surface area (Å²) in [5.74, 6) is -0.269. The van der Waals surface area contributed by atoms with E-state index in [-0.39, 0.29) is 19.1 Å². The Kier molecular flexibility index (Phi) is 4.86. The number of carbonyl (C=O) groups is 1. The molecule has 0 aliphatic heterocycles. The van der Waals surface area contributed by atoms with Gasteiger partial charge in [-0.1, -0.05) is 0 Å². The first kappa shape index (κ1) is 11.7. The van der Waals surface area contributed by atoms with Crippen LogP contribution in [0.2, 0.25) is 0 Å². The number of aromatic nitrogens is 1. The van der Waals surface area contributed by atoms with E-state index in [0.717, 1.165) is 5.69 Å².